The molecule has 1 aromatic carbocycles. The van der Waals surface area contributed by atoms with Gasteiger partial charge in [-0.1, -0.05) is 13.3 Å². The molecule has 1 amide bonds. The van der Waals surface area contributed by atoms with Crippen molar-refractivity contribution in [1.29, 1.82) is 0 Å². The molecule has 146 valence electrons. The summed E-state index contributed by atoms with van der Waals surface area (Å²) < 4.78 is 28.9. The highest BCUT2D eigenvalue weighted by atomic mass is 32.2. The largest absolute Gasteiger partial charge is 0.497 e. The number of methoxy groups -OCH3 is 1. The number of rotatable bonds is 7. The van der Waals surface area contributed by atoms with Crippen LogP contribution in [0.4, 0.5) is 0 Å². The topological polar surface area (TPSA) is 76.6 Å². The van der Waals surface area contributed by atoms with Crippen molar-refractivity contribution in [1.82, 2.24) is 9.88 Å². The van der Waals surface area contributed by atoms with E-state index in [1.54, 1.807) is 17.4 Å². The molecule has 1 saturated heterocycles. The van der Waals surface area contributed by atoms with E-state index in [-0.39, 0.29) is 23.5 Å². The smallest absolute Gasteiger partial charge is 0.273 e. The molecule has 1 aliphatic heterocycles. The summed E-state index contributed by atoms with van der Waals surface area (Å²) in [7, 11) is -1.43. The average molecular weight is 409 g/mol. The Morgan fingerprint density at radius 3 is 2.67 bits per heavy atom. The van der Waals surface area contributed by atoms with Gasteiger partial charge in [-0.2, -0.15) is 0 Å². The fourth-order valence-electron chi connectivity index (χ4n) is 3.18. The van der Waals surface area contributed by atoms with Crippen molar-refractivity contribution in [2.45, 2.75) is 32.2 Å². The Labute approximate surface area is 164 Å². The fourth-order valence-corrected chi connectivity index (χ4v) is 5.72. The number of carbonyl (C=O) groups is 1. The number of sulfone groups is 1. The molecule has 1 atom stereocenters. The van der Waals surface area contributed by atoms with Crippen LogP contribution in [0, 0.1) is 0 Å². The highest BCUT2D eigenvalue weighted by molar-refractivity contribution is 7.91. The summed E-state index contributed by atoms with van der Waals surface area (Å²) in [5.74, 6) is 0.793. The van der Waals surface area contributed by atoms with Crippen LogP contribution in [-0.4, -0.2) is 55.4 Å². The third-order valence-electron chi connectivity index (χ3n) is 4.72. The summed E-state index contributed by atoms with van der Waals surface area (Å²) in [6.07, 6.45) is 2.29. The molecule has 1 aromatic heterocycles. The first-order valence-electron chi connectivity index (χ1n) is 9.05. The monoisotopic (exact) mass is 408 g/mol. The predicted molar refractivity (Wildman–Crippen MR) is 107 cm³/mol. The molecular formula is C19H24N2O4S2. The van der Waals surface area contributed by atoms with E-state index in [9.17, 15) is 13.2 Å². The molecule has 2 aromatic rings. The zero-order valence-corrected chi connectivity index (χ0v) is 17.2. The summed E-state index contributed by atoms with van der Waals surface area (Å²) in [6.45, 7) is 2.61. The van der Waals surface area contributed by atoms with Crippen molar-refractivity contribution < 1.29 is 17.9 Å². The van der Waals surface area contributed by atoms with Gasteiger partial charge in [-0.15, -0.1) is 11.3 Å². The maximum atomic E-state index is 13.0. The van der Waals surface area contributed by atoms with Crippen LogP contribution in [0.1, 0.15) is 36.7 Å². The summed E-state index contributed by atoms with van der Waals surface area (Å²) >= 11 is 1.41. The van der Waals surface area contributed by atoms with Gasteiger partial charge in [0, 0.05) is 23.5 Å². The number of aromatic nitrogens is 1. The van der Waals surface area contributed by atoms with Crippen LogP contribution in [0.15, 0.2) is 29.6 Å². The minimum absolute atomic E-state index is 0.0535. The van der Waals surface area contributed by atoms with E-state index in [1.807, 2.05) is 24.3 Å². The summed E-state index contributed by atoms with van der Waals surface area (Å²) in [5, 5.41) is 2.51. The highest BCUT2D eigenvalue weighted by Gasteiger charge is 2.35. The molecule has 0 radical (unpaired) electrons. The third kappa shape index (κ3) is 4.68. The first kappa shape index (κ1) is 19.8. The van der Waals surface area contributed by atoms with Crippen LogP contribution >= 0.6 is 11.3 Å². The van der Waals surface area contributed by atoms with E-state index in [0.717, 1.165) is 29.2 Å². The lowest BCUT2D eigenvalue weighted by Crippen LogP contribution is -2.42. The van der Waals surface area contributed by atoms with E-state index >= 15 is 0 Å². The Morgan fingerprint density at radius 1 is 1.33 bits per heavy atom. The van der Waals surface area contributed by atoms with Gasteiger partial charge in [0.15, 0.2) is 9.84 Å². The maximum Gasteiger partial charge on any atom is 0.273 e. The molecule has 1 unspecified atom stereocenters. The lowest BCUT2D eigenvalue weighted by molar-refractivity contribution is 0.0689. The number of benzene rings is 1. The van der Waals surface area contributed by atoms with E-state index in [1.165, 1.54) is 11.3 Å². The molecule has 27 heavy (non-hydrogen) atoms. The first-order valence-corrected chi connectivity index (χ1v) is 11.7. The molecule has 0 aliphatic carbocycles. The van der Waals surface area contributed by atoms with Crippen molar-refractivity contribution >= 4 is 27.1 Å². The number of hydrogen-bond donors (Lipinski definition) is 0. The Bertz CT molecular complexity index is 891. The quantitative estimate of drug-likeness (QED) is 0.703. The molecule has 0 bridgehead atoms. The summed E-state index contributed by atoms with van der Waals surface area (Å²) in [4.78, 5) is 19.3. The number of unbranched alkanes of at least 4 members (excludes halogenated alkanes) is 1. The van der Waals surface area contributed by atoms with Crippen molar-refractivity contribution in [2.75, 3.05) is 25.2 Å². The standard InChI is InChI=1S/C19H24N2O4S2/c1-3-4-10-21(15-9-11-27(23,24)13-15)19(22)17-12-26-18(20-17)14-5-7-16(25-2)8-6-14/h5-8,12,15H,3-4,9-11,13H2,1-2H3. The van der Waals surface area contributed by atoms with Crippen molar-refractivity contribution in [3.8, 4) is 16.3 Å². The molecule has 0 spiro atoms. The second-order valence-corrected chi connectivity index (χ2v) is 9.76. The molecule has 0 saturated carbocycles. The average Bonchev–Trinajstić information content (AvgIpc) is 3.29. The zero-order valence-electron chi connectivity index (χ0n) is 15.6. The molecule has 1 fully saturated rings. The number of amides is 1. The molecular weight excluding hydrogens is 384 g/mol. The van der Waals surface area contributed by atoms with Gasteiger partial charge in [-0.05, 0) is 37.1 Å². The van der Waals surface area contributed by atoms with Gasteiger partial charge < -0.3 is 9.64 Å². The van der Waals surface area contributed by atoms with E-state index in [0.29, 0.717) is 18.7 Å². The van der Waals surface area contributed by atoms with Crippen molar-refractivity contribution in [3.05, 3.63) is 35.3 Å². The highest BCUT2D eigenvalue weighted by Crippen LogP contribution is 2.27. The predicted octanol–water partition coefficient (Wildman–Crippen LogP) is 3.25. The van der Waals surface area contributed by atoms with Crippen LogP contribution in [0.25, 0.3) is 10.6 Å². The van der Waals surface area contributed by atoms with Gasteiger partial charge in [0.05, 0.1) is 18.6 Å². The van der Waals surface area contributed by atoms with Gasteiger partial charge >= 0.3 is 0 Å². The van der Waals surface area contributed by atoms with Crippen LogP contribution in [0.2, 0.25) is 0 Å². The third-order valence-corrected chi connectivity index (χ3v) is 7.36. The minimum atomic E-state index is -3.05. The molecule has 2 heterocycles. The van der Waals surface area contributed by atoms with Gasteiger partial charge in [-0.3, -0.25) is 4.79 Å². The van der Waals surface area contributed by atoms with Gasteiger partial charge in [0.2, 0.25) is 0 Å². The minimum Gasteiger partial charge on any atom is -0.497 e. The van der Waals surface area contributed by atoms with Crippen LogP contribution in [-0.2, 0) is 9.84 Å². The van der Waals surface area contributed by atoms with Crippen LogP contribution in [0.3, 0.4) is 0 Å². The lowest BCUT2D eigenvalue weighted by atomic mass is 10.2. The number of carbonyl (C=O) groups excluding carboxylic acids is 1. The summed E-state index contributed by atoms with van der Waals surface area (Å²) in [5.41, 5.74) is 1.30. The molecule has 1 aliphatic rings. The molecule has 8 heteroatoms. The maximum absolute atomic E-state index is 13.0. The summed E-state index contributed by atoms with van der Waals surface area (Å²) in [6, 6.07) is 7.28. The van der Waals surface area contributed by atoms with Crippen LogP contribution in [0.5, 0.6) is 5.75 Å². The lowest BCUT2D eigenvalue weighted by Gasteiger charge is -2.27. The number of nitrogens with zero attached hydrogens (tertiary/aromatic N) is 2. The van der Waals surface area contributed by atoms with Crippen molar-refractivity contribution in [3.63, 3.8) is 0 Å². The Morgan fingerprint density at radius 2 is 2.07 bits per heavy atom. The van der Waals surface area contributed by atoms with Gasteiger partial charge in [0.25, 0.3) is 5.91 Å². The molecule has 6 nitrogen and oxygen atoms in total. The zero-order chi connectivity index (χ0) is 19.4. The second-order valence-electron chi connectivity index (χ2n) is 6.68. The Balaban J connectivity index is 1.80. The normalized spacial score (nSPS) is 18.4. The number of hydrogen-bond acceptors (Lipinski definition) is 6. The SMILES string of the molecule is CCCCN(C(=O)c1csc(-c2ccc(OC)cc2)n1)C1CCS(=O)(=O)C1. The van der Waals surface area contributed by atoms with E-state index in [2.05, 4.69) is 11.9 Å². The van der Waals surface area contributed by atoms with Crippen LogP contribution < -0.4 is 4.74 Å². The van der Waals surface area contributed by atoms with Gasteiger partial charge in [-0.25, -0.2) is 13.4 Å². The molecule has 3 rings (SSSR count). The first-order chi connectivity index (χ1) is 12.9. The number of thiazole rings is 1. The Kier molecular flexibility index (Phi) is 6.16. The second kappa shape index (κ2) is 8.39. The van der Waals surface area contributed by atoms with Gasteiger partial charge in [0.1, 0.15) is 16.5 Å². The number of ether oxygens (including phenoxy) is 1. The molecule has 0 N–H and O–H groups in total. The van der Waals surface area contributed by atoms with E-state index < -0.39 is 9.84 Å². The fraction of sp³-hybridized carbons (Fsp3) is 0.474. The van der Waals surface area contributed by atoms with Crippen molar-refractivity contribution in [2.24, 2.45) is 0 Å². The van der Waals surface area contributed by atoms with E-state index in [4.69, 9.17) is 4.74 Å². The Hall–Kier alpha value is -1.93.